The predicted octanol–water partition coefficient (Wildman–Crippen LogP) is 1.55. The number of hydrogen-bond acceptors (Lipinski definition) is 4. The van der Waals surface area contributed by atoms with Gasteiger partial charge in [-0.3, -0.25) is 10.1 Å². The van der Waals surface area contributed by atoms with Gasteiger partial charge in [0, 0.05) is 5.38 Å². The molecule has 0 unspecified atom stereocenters. The minimum Gasteiger partial charge on any atom is -0.409 e. The van der Waals surface area contributed by atoms with E-state index in [-0.39, 0.29) is 0 Å². The van der Waals surface area contributed by atoms with Crippen LogP contribution in [0.5, 0.6) is 5.75 Å². The van der Waals surface area contributed by atoms with Crippen molar-refractivity contribution in [2.24, 2.45) is 0 Å². The molecule has 0 saturated carbocycles. The molecular weight excluding hydrogens is 190 g/mol. The number of imide groups is 1. The van der Waals surface area contributed by atoms with Crippen molar-refractivity contribution in [1.82, 2.24) is 5.32 Å². The zero-order valence-electron chi connectivity index (χ0n) is 6.65. The van der Waals surface area contributed by atoms with Crippen LogP contribution in [0.25, 0.3) is 0 Å². The van der Waals surface area contributed by atoms with E-state index in [4.69, 9.17) is 4.74 Å². The third kappa shape index (κ3) is 3.08. The predicted molar refractivity (Wildman–Crippen MR) is 48.7 cm³/mol. The third-order valence-corrected chi connectivity index (χ3v) is 1.78. The van der Waals surface area contributed by atoms with Gasteiger partial charge in [0.25, 0.3) is 5.91 Å². The van der Waals surface area contributed by atoms with Gasteiger partial charge in [-0.25, -0.2) is 4.79 Å². The second-order valence-corrected chi connectivity index (χ2v) is 2.82. The summed E-state index contributed by atoms with van der Waals surface area (Å²) in [5, 5.41) is 5.37. The first-order chi connectivity index (χ1) is 6.22. The Labute approximate surface area is 78.8 Å². The third-order valence-electron chi connectivity index (χ3n) is 1.12. The van der Waals surface area contributed by atoms with Crippen LogP contribution in [-0.2, 0) is 4.79 Å². The van der Waals surface area contributed by atoms with Gasteiger partial charge in [-0.1, -0.05) is 6.58 Å². The van der Waals surface area contributed by atoms with Gasteiger partial charge in [-0.05, 0) is 17.5 Å². The van der Waals surface area contributed by atoms with Crippen molar-refractivity contribution in [2.45, 2.75) is 0 Å². The van der Waals surface area contributed by atoms with E-state index in [1.165, 1.54) is 11.3 Å². The number of carbonyl (C=O) groups is 2. The largest absolute Gasteiger partial charge is 0.419 e. The lowest BCUT2D eigenvalue weighted by atomic mass is 10.6. The van der Waals surface area contributed by atoms with Gasteiger partial charge >= 0.3 is 6.09 Å². The molecule has 1 heterocycles. The second-order valence-electron chi connectivity index (χ2n) is 2.04. The summed E-state index contributed by atoms with van der Waals surface area (Å²) >= 11 is 1.40. The molecule has 0 aromatic carbocycles. The standard InChI is InChI=1S/C8H7NO3S/c1-2-7(10)9-8(11)12-6-3-4-13-5-6/h2-5H,1H2,(H,9,10,11). The van der Waals surface area contributed by atoms with Gasteiger partial charge in [-0.2, -0.15) is 0 Å². The van der Waals surface area contributed by atoms with Crippen LogP contribution in [0.3, 0.4) is 0 Å². The van der Waals surface area contributed by atoms with E-state index < -0.39 is 12.0 Å². The van der Waals surface area contributed by atoms with Gasteiger partial charge in [0.05, 0.1) is 0 Å². The summed E-state index contributed by atoms with van der Waals surface area (Å²) < 4.78 is 4.72. The van der Waals surface area contributed by atoms with Crippen LogP contribution in [0.1, 0.15) is 0 Å². The molecule has 5 heteroatoms. The van der Waals surface area contributed by atoms with Crippen LogP contribution in [0, 0.1) is 0 Å². The Morgan fingerprint density at radius 3 is 2.92 bits per heavy atom. The summed E-state index contributed by atoms with van der Waals surface area (Å²) in [4.78, 5) is 21.5. The van der Waals surface area contributed by atoms with Crippen LogP contribution in [0.15, 0.2) is 29.5 Å². The molecule has 1 N–H and O–H groups in total. The summed E-state index contributed by atoms with van der Waals surface area (Å²) in [5.74, 6) is -0.167. The number of rotatable bonds is 2. The Kier molecular flexibility index (Phi) is 3.22. The molecule has 0 spiro atoms. The van der Waals surface area contributed by atoms with Gasteiger partial charge in [-0.15, -0.1) is 11.3 Å². The molecule has 0 atom stereocenters. The average Bonchev–Trinajstić information content (AvgIpc) is 2.56. The maximum atomic E-state index is 10.9. The normalized spacial score (nSPS) is 8.92. The Morgan fingerprint density at radius 2 is 2.38 bits per heavy atom. The highest BCUT2D eigenvalue weighted by molar-refractivity contribution is 7.08. The van der Waals surface area contributed by atoms with Crippen molar-refractivity contribution in [3.05, 3.63) is 29.5 Å². The molecule has 0 bridgehead atoms. The molecule has 2 amide bonds. The summed E-state index contributed by atoms with van der Waals surface area (Å²) in [6.45, 7) is 3.19. The number of amides is 2. The van der Waals surface area contributed by atoms with E-state index in [2.05, 4.69) is 6.58 Å². The van der Waals surface area contributed by atoms with Gasteiger partial charge in [0.15, 0.2) is 0 Å². The first-order valence-corrected chi connectivity index (χ1v) is 4.34. The molecule has 1 rings (SSSR count). The van der Waals surface area contributed by atoms with Crippen molar-refractivity contribution in [3.8, 4) is 5.75 Å². The molecule has 0 aliphatic heterocycles. The van der Waals surface area contributed by atoms with Crippen LogP contribution in [0.4, 0.5) is 4.79 Å². The molecule has 1 aromatic heterocycles. The summed E-state index contributed by atoms with van der Waals surface area (Å²) in [6, 6.07) is 1.63. The Hall–Kier alpha value is -1.62. The van der Waals surface area contributed by atoms with Crippen LogP contribution < -0.4 is 10.1 Å². The fraction of sp³-hybridized carbons (Fsp3) is 0. The lowest BCUT2D eigenvalue weighted by molar-refractivity contribution is -0.115. The molecule has 0 saturated heterocycles. The lowest BCUT2D eigenvalue weighted by Gasteiger charge is -2.00. The number of carbonyl (C=O) groups excluding carboxylic acids is 2. The fourth-order valence-electron chi connectivity index (χ4n) is 0.594. The maximum absolute atomic E-state index is 10.9. The number of ether oxygens (including phenoxy) is 1. The number of nitrogens with one attached hydrogen (secondary N) is 1. The average molecular weight is 197 g/mol. The van der Waals surface area contributed by atoms with Crippen LogP contribution in [0.2, 0.25) is 0 Å². The Morgan fingerprint density at radius 1 is 1.62 bits per heavy atom. The van der Waals surface area contributed by atoms with Gasteiger partial charge < -0.3 is 4.74 Å². The zero-order chi connectivity index (χ0) is 9.68. The lowest BCUT2D eigenvalue weighted by Crippen LogP contribution is -2.31. The van der Waals surface area contributed by atoms with Crippen molar-refractivity contribution in [2.75, 3.05) is 0 Å². The maximum Gasteiger partial charge on any atom is 0.419 e. The van der Waals surface area contributed by atoms with E-state index in [1.807, 2.05) is 5.32 Å². The zero-order valence-corrected chi connectivity index (χ0v) is 7.47. The fourth-order valence-corrected chi connectivity index (χ4v) is 1.15. The van der Waals surface area contributed by atoms with Gasteiger partial charge in [0.1, 0.15) is 5.75 Å². The van der Waals surface area contributed by atoms with E-state index in [9.17, 15) is 9.59 Å². The molecule has 4 nitrogen and oxygen atoms in total. The molecule has 1 aromatic rings. The first-order valence-electron chi connectivity index (χ1n) is 3.40. The van der Waals surface area contributed by atoms with E-state index in [1.54, 1.807) is 16.8 Å². The highest BCUT2D eigenvalue weighted by atomic mass is 32.1. The highest BCUT2D eigenvalue weighted by Crippen LogP contribution is 2.14. The number of thiophene rings is 1. The molecule has 68 valence electrons. The highest BCUT2D eigenvalue weighted by Gasteiger charge is 2.06. The molecular formula is C8H7NO3S. The molecule has 0 aliphatic carbocycles. The van der Waals surface area contributed by atoms with Crippen molar-refractivity contribution >= 4 is 23.3 Å². The van der Waals surface area contributed by atoms with Crippen molar-refractivity contribution in [1.29, 1.82) is 0 Å². The minimum absolute atomic E-state index is 0.416. The van der Waals surface area contributed by atoms with Crippen LogP contribution in [-0.4, -0.2) is 12.0 Å². The molecule has 0 aliphatic rings. The Bertz CT molecular complexity index is 318. The van der Waals surface area contributed by atoms with E-state index in [0.717, 1.165) is 6.08 Å². The van der Waals surface area contributed by atoms with Gasteiger partial charge in [0.2, 0.25) is 0 Å². The van der Waals surface area contributed by atoms with Crippen molar-refractivity contribution < 1.29 is 14.3 Å². The summed E-state index contributed by atoms with van der Waals surface area (Å²) in [7, 11) is 0. The SMILES string of the molecule is C=CC(=O)NC(=O)Oc1ccsc1. The summed E-state index contributed by atoms with van der Waals surface area (Å²) in [6.07, 6.45) is 0.192. The smallest absolute Gasteiger partial charge is 0.409 e. The minimum atomic E-state index is -0.802. The molecule has 0 radical (unpaired) electrons. The monoisotopic (exact) mass is 197 g/mol. The Balaban J connectivity index is 2.42. The van der Waals surface area contributed by atoms with E-state index in [0.29, 0.717) is 5.75 Å². The first kappa shape index (κ1) is 9.47. The molecule has 13 heavy (non-hydrogen) atoms. The summed E-state index contributed by atoms with van der Waals surface area (Å²) in [5.41, 5.74) is 0. The van der Waals surface area contributed by atoms with Crippen molar-refractivity contribution in [3.63, 3.8) is 0 Å². The van der Waals surface area contributed by atoms with Crippen LogP contribution >= 0.6 is 11.3 Å². The second kappa shape index (κ2) is 4.42. The quantitative estimate of drug-likeness (QED) is 0.732. The topological polar surface area (TPSA) is 55.4 Å². The number of hydrogen-bond donors (Lipinski definition) is 1. The molecule has 0 fully saturated rings. The van der Waals surface area contributed by atoms with E-state index >= 15 is 0 Å².